The fourth-order valence-corrected chi connectivity index (χ4v) is 5.56. The molecule has 1 amide bonds. The van der Waals surface area contributed by atoms with Crippen molar-refractivity contribution < 1.29 is 14.3 Å². The first kappa shape index (κ1) is 23.2. The van der Waals surface area contributed by atoms with Crippen LogP contribution in [-0.2, 0) is 14.3 Å². The average molecular weight is 501 g/mol. The van der Waals surface area contributed by atoms with E-state index in [0.717, 1.165) is 26.3 Å². The van der Waals surface area contributed by atoms with Crippen molar-refractivity contribution in [2.24, 2.45) is 10.2 Å². The molecule has 0 bridgehead atoms. The van der Waals surface area contributed by atoms with E-state index in [4.69, 9.17) is 9.72 Å². The summed E-state index contributed by atoms with van der Waals surface area (Å²) in [5, 5.41) is 15.7. The van der Waals surface area contributed by atoms with Gasteiger partial charge in [0.05, 0.1) is 18.1 Å². The molecular weight excluding hydrogens is 480 g/mol. The number of carbonyl (C=O) groups is 2. The monoisotopic (exact) mass is 500 g/mol. The predicted molar refractivity (Wildman–Crippen MR) is 133 cm³/mol. The van der Waals surface area contributed by atoms with Gasteiger partial charge in [0, 0.05) is 24.7 Å². The number of amides is 1. The minimum absolute atomic E-state index is 0.179. The number of carbonyl (C=O) groups excluding carboxylic acids is 2. The Balaban J connectivity index is 1.56. The highest BCUT2D eigenvalue weighted by molar-refractivity contribution is 8.15. The zero-order chi connectivity index (χ0) is 23.2. The van der Waals surface area contributed by atoms with Crippen LogP contribution in [0.1, 0.15) is 19.0 Å². The number of esters is 1. The number of ether oxygens (including phenoxy) is 1. The lowest BCUT2D eigenvalue weighted by Crippen LogP contribution is -2.25. The van der Waals surface area contributed by atoms with Gasteiger partial charge < -0.3 is 10.1 Å². The number of nitrogens with zero attached hydrogens (tertiary/aromatic N) is 5. The summed E-state index contributed by atoms with van der Waals surface area (Å²) in [6, 6.07) is 9.79. The highest BCUT2D eigenvalue weighted by Crippen LogP contribution is 2.30. The summed E-state index contributed by atoms with van der Waals surface area (Å²) in [5.74, 6) is 0.210. The molecule has 1 aliphatic heterocycles. The lowest BCUT2D eigenvalue weighted by molar-refractivity contribution is -0.141. The summed E-state index contributed by atoms with van der Waals surface area (Å²) in [6.07, 6.45) is 3.83. The highest BCUT2D eigenvalue weighted by Gasteiger charge is 2.30. The first-order valence-electron chi connectivity index (χ1n) is 9.95. The number of amidine groups is 1. The van der Waals surface area contributed by atoms with Crippen molar-refractivity contribution in [1.82, 2.24) is 19.9 Å². The maximum Gasteiger partial charge on any atom is 0.302 e. The van der Waals surface area contributed by atoms with Gasteiger partial charge in [-0.2, -0.15) is 5.10 Å². The van der Waals surface area contributed by atoms with E-state index in [1.807, 2.05) is 36.4 Å². The Bertz CT molecular complexity index is 1230. The maximum atomic E-state index is 12.1. The van der Waals surface area contributed by atoms with Crippen LogP contribution in [0.25, 0.3) is 16.2 Å². The Kier molecular flexibility index (Phi) is 7.57. The van der Waals surface area contributed by atoms with Gasteiger partial charge in [-0.3, -0.25) is 9.59 Å². The topological polar surface area (TPSA) is 110 Å². The largest absolute Gasteiger partial charge is 0.466 e. The van der Waals surface area contributed by atoms with E-state index in [2.05, 4.69) is 27.2 Å². The Hall–Kier alpha value is -2.96. The molecule has 1 aliphatic rings. The molecular formula is C21H20N6O3S3. The van der Waals surface area contributed by atoms with Gasteiger partial charge in [0.15, 0.2) is 9.51 Å². The Labute approximate surface area is 202 Å². The Morgan fingerprint density at radius 2 is 2.21 bits per heavy atom. The van der Waals surface area contributed by atoms with Crippen LogP contribution in [0.15, 0.2) is 57.5 Å². The number of rotatable bonds is 9. The van der Waals surface area contributed by atoms with Crippen LogP contribution in [0.3, 0.4) is 0 Å². The molecule has 33 heavy (non-hydrogen) atoms. The molecule has 1 saturated heterocycles. The number of imidazole rings is 1. The number of aromatic nitrogens is 3. The number of hydrogen-bond acceptors (Lipinski definition) is 10. The quantitative estimate of drug-likeness (QED) is 0.157. The zero-order valence-corrected chi connectivity index (χ0v) is 20.1. The van der Waals surface area contributed by atoms with Crippen molar-refractivity contribution in [3.05, 3.63) is 48.7 Å². The van der Waals surface area contributed by atoms with E-state index < -0.39 is 0 Å². The minimum atomic E-state index is -0.372. The summed E-state index contributed by atoms with van der Waals surface area (Å²) >= 11 is 4.35. The van der Waals surface area contributed by atoms with Gasteiger partial charge in [-0.05, 0) is 0 Å². The molecule has 1 atom stereocenters. The van der Waals surface area contributed by atoms with Crippen LogP contribution in [-0.4, -0.2) is 55.5 Å². The smallest absolute Gasteiger partial charge is 0.302 e. The number of benzene rings is 1. The molecule has 1 N–H and O–H groups in total. The molecule has 9 nitrogen and oxygen atoms in total. The Morgan fingerprint density at radius 1 is 1.39 bits per heavy atom. The predicted octanol–water partition coefficient (Wildman–Crippen LogP) is 3.61. The van der Waals surface area contributed by atoms with E-state index in [9.17, 15) is 9.59 Å². The van der Waals surface area contributed by atoms with Gasteiger partial charge in [0.1, 0.15) is 11.4 Å². The van der Waals surface area contributed by atoms with Gasteiger partial charge in [0.2, 0.25) is 10.9 Å². The van der Waals surface area contributed by atoms with Crippen LogP contribution in [0.5, 0.6) is 0 Å². The summed E-state index contributed by atoms with van der Waals surface area (Å²) in [4.78, 5) is 28.5. The van der Waals surface area contributed by atoms with E-state index in [-0.39, 0.29) is 23.7 Å². The summed E-state index contributed by atoms with van der Waals surface area (Å²) in [6.45, 7) is 5.26. The number of thioether (sulfide) groups is 2. The van der Waals surface area contributed by atoms with Gasteiger partial charge in [-0.1, -0.05) is 71.3 Å². The second kappa shape index (κ2) is 10.8. The van der Waals surface area contributed by atoms with Crippen LogP contribution in [0.2, 0.25) is 0 Å². The molecule has 12 heteroatoms. The number of nitrogens with one attached hydrogen (secondary N) is 1. The van der Waals surface area contributed by atoms with Crippen LogP contribution in [0, 0.1) is 0 Å². The highest BCUT2D eigenvalue weighted by atomic mass is 32.2. The SMILES string of the molecule is C=CCSc1nn2c(/C=N/N=C3/NC(=O)C(CCOC(C)=O)S3)c(-c3ccccc3)nc2s1. The molecule has 2 aromatic heterocycles. The van der Waals surface area contributed by atoms with E-state index in [0.29, 0.717) is 17.3 Å². The third kappa shape index (κ3) is 5.70. The van der Waals surface area contributed by atoms with Gasteiger partial charge in [-0.25, -0.2) is 9.50 Å². The van der Waals surface area contributed by atoms with Crippen LogP contribution >= 0.6 is 34.9 Å². The summed E-state index contributed by atoms with van der Waals surface area (Å²) in [7, 11) is 0. The van der Waals surface area contributed by atoms with Gasteiger partial charge in [-0.15, -0.1) is 16.8 Å². The van der Waals surface area contributed by atoms with Crippen LogP contribution in [0.4, 0.5) is 0 Å². The average Bonchev–Trinajstić information content (AvgIpc) is 3.46. The Morgan fingerprint density at radius 3 is 2.97 bits per heavy atom. The molecule has 0 radical (unpaired) electrons. The summed E-state index contributed by atoms with van der Waals surface area (Å²) in [5.41, 5.74) is 2.39. The second-order valence-corrected chi connectivity index (χ2v) is 10.2. The van der Waals surface area contributed by atoms with Crippen molar-refractivity contribution in [1.29, 1.82) is 0 Å². The van der Waals surface area contributed by atoms with Crippen LogP contribution < -0.4 is 5.32 Å². The number of fused-ring (bicyclic) bond motifs is 1. The molecule has 0 saturated carbocycles. The lowest BCUT2D eigenvalue weighted by atomic mass is 10.1. The molecule has 1 fully saturated rings. The standard InChI is InChI=1S/C21H20N6O3S3/c1-3-11-31-21-26-27-15(17(23-20(27)33-21)14-7-5-4-6-8-14)12-22-25-19-24-18(29)16(32-19)9-10-30-13(2)28/h3-8,12,16H,1,9-11H2,2H3,(H,24,25,29)/b22-12+. The lowest BCUT2D eigenvalue weighted by Gasteiger charge is -2.04. The molecule has 170 valence electrons. The van der Waals surface area contributed by atoms with E-state index >= 15 is 0 Å². The molecule has 4 rings (SSSR count). The van der Waals surface area contributed by atoms with Crippen molar-refractivity contribution >= 4 is 63.1 Å². The third-order valence-corrected chi connectivity index (χ3v) is 7.56. The zero-order valence-electron chi connectivity index (χ0n) is 17.6. The first-order valence-corrected chi connectivity index (χ1v) is 12.6. The van der Waals surface area contributed by atoms with Crippen molar-refractivity contribution in [2.45, 2.75) is 22.9 Å². The molecule has 1 unspecified atom stereocenters. The first-order chi connectivity index (χ1) is 16.0. The molecule has 0 aliphatic carbocycles. The van der Waals surface area contributed by atoms with E-state index in [1.165, 1.54) is 30.0 Å². The van der Waals surface area contributed by atoms with Crippen molar-refractivity contribution in [2.75, 3.05) is 12.4 Å². The fraction of sp³-hybridized carbons (Fsp3) is 0.238. The maximum absolute atomic E-state index is 12.1. The summed E-state index contributed by atoms with van der Waals surface area (Å²) < 4.78 is 7.55. The molecule has 3 heterocycles. The van der Waals surface area contributed by atoms with Gasteiger partial charge in [0.25, 0.3) is 0 Å². The minimum Gasteiger partial charge on any atom is -0.466 e. The third-order valence-electron chi connectivity index (χ3n) is 4.38. The fourth-order valence-electron chi connectivity index (χ4n) is 2.95. The normalized spacial score (nSPS) is 17.2. The molecule has 3 aromatic rings. The van der Waals surface area contributed by atoms with Gasteiger partial charge >= 0.3 is 5.97 Å². The van der Waals surface area contributed by atoms with Crippen molar-refractivity contribution in [3.63, 3.8) is 0 Å². The second-order valence-electron chi connectivity index (χ2n) is 6.75. The van der Waals surface area contributed by atoms with Crippen molar-refractivity contribution in [3.8, 4) is 11.3 Å². The van der Waals surface area contributed by atoms with E-state index in [1.54, 1.807) is 22.5 Å². The number of hydrogen-bond donors (Lipinski definition) is 1. The molecule has 0 spiro atoms. The molecule has 1 aromatic carbocycles.